The second-order valence-electron chi connectivity index (χ2n) is 3.69. The van der Waals surface area contributed by atoms with Crippen molar-refractivity contribution in [3.8, 4) is 5.75 Å². The largest absolute Gasteiger partial charge is 0.494 e. The van der Waals surface area contributed by atoms with E-state index >= 15 is 0 Å². The second kappa shape index (κ2) is 6.05. The van der Waals surface area contributed by atoms with Gasteiger partial charge in [0.15, 0.2) is 0 Å². The second-order valence-corrected chi connectivity index (χ2v) is 3.69. The summed E-state index contributed by atoms with van der Waals surface area (Å²) in [6.07, 6.45) is 0. The van der Waals surface area contributed by atoms with Crippen LogP contribution in [0.4, 0.5) is 11.4 Å². The fourth-order valence-electron chi connectivity index (χ4n) is 1.37. The van der Waals surface area contributed by atoms with Crippen molar-refractivity contribution in [2.45, 2.75) is 19.9 Å². The van der Waals surface area contributed by atoms with Crippen LogP contribution < -0.4 is 15.8 Å². The molecule has 3 N–H and O–H groups in total. The van der Waals surface area contributed by atoms with Gasteiger partial charge in [0.1, 0.15) is 5.75 Å². The normalized spacial score (nSPS) is 11.9. The van der Waals surface area contributed by atoms with Crippen molar-refractivity contribution in [2.24, 2.45) is 5.73 Å². The Bertz CT molecular complexity index is 396. The molecule has 0 aliphatic heterocycles. The molecule has 6 heteroatoms. The summed E-state index contributed by atoms with van der Waals surface area (Å²) in [5.74, 6) is 0.480. The van der Waals surface area contributed by atoms with Gasteiger partial charge in [0.2, 0.25) is 0 Å². The molecule has 0 saturated carbocycles. The van der Waals surface area contributed by atoms with E-state index in [1.54, 1.807) is 6.07 Å². The lowest BCUT2D eigenvalue weighted by molar-refractivity contribution is -0.384. The average molecular weight is 239 g/mol. The van der Waals surface area contributed by atoms with Gasteiger partial charge >= 0.3 is 0 Å². The monoisotopic (exact) mass is 239 g/mol. The third kappa shape index (κ3) is 3.92. The van der Waals surface area contributed by atoms with Crippen LogP contribution in [-0.2, 0) is 0 Å². The van der Waals surface area contributed by atoms with E-state index < -0.39 is 4.92 Å². The highest BCUT2D eigenvalue weighted by atomic mass is 16.6. The van der Waals surface area contributed by atoms with Gasteiger partial charge in [-0.05, 0) is 13.8 Å². The standard InChI is InChI=1S/C11H17N3O3/c1-3-17-11-5-9(13-8(2)7-12)4-10(6-11)14(15)16/h4-6,8,13H,3,7,12H2,1-2H3. The maximum absolute atomic E-state index is 10.8. The average Bonchev–Trinajstić information content (AvgIpc) is 2.29. The fraction of sp³-hybridized carbons (Fsp3) is 0.455. The number of anilines is 1. The topological polar surface area (TPSA) is 90.4 Å². The zero-order chi connectivity index (χ0) is 12.8. The van der Waals surface area contributed by atoms with Crippen molar-refractivity contribution >= 4 is 11.4 Å². The van der Waals surface area contributed by atoms with Crippen molar-refractivity contribution in [3.05, 3.63) is 28.3 Å². The molecule has 6 nitrogen and oxygen atoms in total. The number of ether oxygens (including phenoxy) is 1. The minimum atomic E-state index is -0.444. The Balaban J connectivity index is 2.99. The molecule has 1 aromatic carbocycles. The molecule has 1 rings (SSSR count). The van der Waals surface area contributed by atoms with E-state index in [0.717, 1.165) is 0 Å². The lowest BCUT2D eigenvalue weighted by atomic mass is 10.2. The zero-order valence-electron chi connectivity index (χ0n) is 9.97. The van der Waals surface area contributed by atoms with Crippen LogP contribution in [0, 0.1) is 10.1 Å². The van der Waals surface area contributed by atoms with E-state index in [9.17, 15) is 10.1 Å². The summed E-state index contributed by atoms with van der Waals surface area (Å²) in [5, 5.41) is 13.8. The summed E-state index contributed by atoms with van der Waals surface area (Å²) in [6.45, 7) is 4.65. The van der Waals surface area contributed by atoms with Crippen LogP contribution in [0.5, 0.6) is 5.75 Å². The molecule has 0 aromatic heterocycles. The molecule has 1 unspecified atom stereocenters. The van der Waals surface area contributed by atoms with Crippen LogP contribution in [0.1, 0.15) is 13.8 Å². The number of hydrogen-bond donors (Lipinski definition) is 2. The number of nitrogens with two attached hydrogens (primary N) is 1. The minimum Gasteiger partial charge on any atom is -0.494 e. The van der Waals surface area contributed by atoms with E-state index in [2.05, 4.69) is 5.32 Å². The molecule has 0 fully saturated rings. The van der Waals surface area contributed by atoms with Crippen molar-refractivity contribution in [2.75, 3.05) is 18.5 Å². The molecule has 1 aromatic rings. The Hall–Kier alpha value is -1.82. The Morgan fingerprint density at radius 2 is 2.24 bits per heavy atom. The number of rotatable bonds is 6. The molecular formula is C11H17N3O3. The summed E-state index contributed by atoms with van der Waals surface area (Å²) >= 11 is 0. The predicted octanol–water partition coefficient (Wildman–Crippen LogP) is 1.75. The number of benzene rings is 1. The first kappa shape index (κ1) is 13.2. The maximum atomic E-state index is 10.8. The van der Waals surface area contributed by atoms with Crippen LogP contribution in [0.2, 0.25) is 0 Å². The molecule has 0 amide bonds. The molecule has 0 heterocycles. The number of nitro groups is 1. The van der Waals surface area contributed by atoms with E-state index in [4.69, 9.17) is 10.5 Å². The van der Waals surface area contributed by atoms with Crippen molar-refractivity contribution in [1.29, 1.82) is 0 Å². The van der Waals surface area contributed by atoms with Gasteiger partial charge in [-0.1, -0.05) is 0 Å². The minimum absolute atomic E-state index is 0.00247. The van der Waals surface area contributed by atoms with Crippen LogP contribution in [-0.4, -0.2) is 24.1 Å². The van der Waals surface area contributed by atoms with Gasteiger partial charge in [-0.15, -0.1) is 0 Å². The Kier molecular flexibility index (Phi) is 4.71. The number of nitro benzene ring substituents is 1. The SMILES string of the molecule is CCOc1cc(NC(C)CN)cc([N+](=O)[O-])c1. The quantitative estimate of drug-likeness (QED) is 0.583. The first-order chi connectivity index (χ1) is 8.06. The van der Waals surface area contributed by atoms with Gasteiger partial charge < -0.3 is 15.8 Å². The van der Waals surface area contributed by atoms with E-state index in [1.165, 1.54) is 12.1 Å². The number of nitrogens with zero attached hydrogens (tertiary/aromatic N) is 1. The predicted molar refractivity (Wildman–Crippen MR) is 66.4 cm³/mol. The third-order valence-corrected chi connectivity index (χ3v) is 2.18. The molecule has 0 bridgehead atoms. The highest BCUT2D eigenvalue weighted by Crippen LogP contribution is 2.26. The third-order valence-electron chi connectivity index (χ3n) is 2.18. The number of nitrogens with one attached hydrogen (secondary N) is 1. The van der Waals surface area contributed by atoms with Crippen molar-refractivity contribution in [1.82, 2.24) is 0 Å². The van der Waals surface area contributed by atoms with Gasteiger partial charge in [-0.25, -0.2) is 0 Å². The fourth-order valence-corrected chi connectivity index (χ4v) is 1.37. The van der Waals surface area contributed by atoms with Gasteiger partial charge in [0.05, 0.1) is 17.6 Å². The lowest BCUT2D eigenvalue weighted by Gasteiger charge is -2.13. The highest BCUT2D eigenvalue weighted by Gasteiger charge is 2.11. The first-order valence-electron chi connectivity index (χ1n) is 5.45. The van der Waals surface area contributed by atoms with Crippen LogP contribution >= 0.6 is 0 Å². The Morgan fingerprint density at radius 3 is 2.76 bits per heavy atom. The zero-order valence-corrected chi connectivity index (χ0v) is 9.97. The first-order valence-corrected chi connectivity index (χ1v) is 5.45. The molecular weight excluding hydrogens is 222 g/mol. The van der Waals surface area contributed by atoms with Crippen LogP contribution in [0.25, 0.3) is 0 Å². The molecule has 0 radical (unpaired) electrons. The van der Waals surface area contributed by atoms with Crippen LogP contribution in [0.3, 0.4) is 0 Å². The molecule has 0 spiro atoms. The molecule has 94 valence electrons. The Morgan fingerprint density at radius 1 is 1.53 bits per heavy atom. The van der Waals surface area contributed by atoms with Gasteiger partial charge in [-0.2, -0.15) is 0 Å². The molecule has 1 atom stereocenters. The molecule has 0 aliphatic rings. The lowest BCUT2D eigenvalue weighted by Crippen LogP contribution is -2.25. The van der Waals surface area contributed by atoms with Gasteiger partial charge in [0, 0.05) is 30.4 Å². The van der Waals surface area contributed by atoms with Gasteiger partial charge in [-0.3, -0.25) is 10.1 Å². The smallest absolute Gasteiger partial charge is 0.275 e. The summed E-state index contributed by atoms with van der Waals surface area (Å²) in [4.78, 5) is 10.3. The molecule has 17 heavy (non-hydrogen) atoms. The van der Waals surface area contributed by atoms with Crippen molar-refractivity contribution < 1.29 is 9.66 Å². The molecule has 0 saturated heterocycles. The Labute approximate surface area is 99.9 Å². The van der Waals surface area contributed by atoms with Crippen LogP contribution in [0.15, 0.2) is 18.2 Å². The summed E-state index contributed by atoms with van der Waals surface area (Å²) < 4.78 is 5.28. The summed E-state index contributed by atoms with van der Waals surface area (Å²) in [7, 11) is 0. The van der Waals surface area contributed by atoms with Gasteiger partial charge in [0.25, 0.3) is 5.69 Å². The molecule has 0 aliphatic carbocycles. The highest BCUT2D eigenvalue weighted by molar-refractivity contribution is 5.56. The number of hydrogen-bond acceptors (Lipinski definition) is 5. The number of non-ortho nitro benzene ring substituents is 1. The van der Waals surface area contributed by atoms with E-state index in [-0.39, 0.29) is 11.7 Å². The van der Waals surface area contributed by atoms with E-state index in [0.29, 0.717) is 24.6 Å². The van der Waals surface area contributed by atoms with Crippen molar-refractivity contribution in [3.63, 3.8) is 0 Å². The maximum Gasteiger partial charge on any atom is 0.275 e. The summed E-state index contributed by atoms with van der Waals surface area (Å²) in [6, 6.07) is 4.64. The van der Waals surface area contributed by atoms with E-state index in [1.807, 2.05) is 13.8 Å². The summed E-state index contributed by atoms with van der Waals surface area (Å²) in [5.41, 5.74) is 6.13.